The first-order chi connectivity index (χ1) is 8.16. The van der Waals surface area contributed by atoms with Crippen LogP contribution in [0.2, 0.25) is 10.0 Å². The van der Waals surface area contributed by atoms with E-state index in [0.29, 0.717) is 15.4 Å². The van der Waals surface area contributed by atoms with Crippen molar-refractivity contribution in [3.63, 3.8) is 0 Å². The summed E-state index contributed by atoms with van der Waals surface area (Å²) in [5.74, 6) is 0. The molecule has 0 aliphatic carbocycles. The number of hydrogen-bond donors (Lipinski definition) is 0. The van der Waals surface area contributed by atoms with E-state index in [4.69, 9.17) is 23.2 Å². The fourth-order valence-corrected chi connectivity index (χ4v) is 4.87. The van der Waals surface area contributed by atoms with Crippen molar-refractivity contribution in [2.75, 3.05) is 0 Å². The number of halogens is 2. The van der Waals surface area contributed by atoms with E-state index in [1.807, 2.05) is 5.38 Å². The Labute approximate surface area is 116 Å². The molecule has 0 radical (unpaired) electrons. The summed E-state index contributed by atoms with van der Waals surface area (Å²) in [7, 11) is 0. The molecule has 0 bridgehead atoms. The van der Waals surface area contributed by atoms with E-state index in [0.717, 1.165) is 9.39 Å². The number of thiazole rings is 1. The van der Waals surface area contributed by atoms with Crippen molar-refractivity contribution in [3.8, 4) is 5.13 Å². The maximum atomic E-state index is 12.2. The summed E-state index contributed by atoms with van der Waals surface area (Å²) in [6.45, 7) is 0. The first-order valence-corrected chi connectivity index (χ1v) is 7.83. The molecule has 7 heteroatoms. The van der Waals surface area contributed by atoms with Crippen molar-refractivity contribution in [3.05, 3.63) is 44.1 Å². The van der Waals surface area contributed by atoms with Gasteiger partial charge < -0.3 is 0 Å². The third-order valence-corrected chi connectivity index (χ3v) is 6.17. The van der Waals surface area contributed by atoms with Crippen molar-refractivity contribution < 1.29 is 0 Å². The van der Waals surface area contributed by atoms with Gasteiger partial charge in [0.2, 0.25) is 0 Å². The van der Waals surface area contributed by atoms with E-state index in [2.05, 4.69) is 4.98 Å². The first kappa shape index (κ1) is 11.5. The zero-order chi connectivity index (χ0) is 12.0. The van der Waals surface area contributed by atoms with E-state index < -0.39 is 0 Å². The molecule has 0 aliphatic rings. The van der Waals surface area contributed by atoms with Crippen LogP contribution >= 0.6 is 34.5 Å². The summed E-state index contributed by atoms with van der Waals surface area (Å²) >= 11 is 13.2. The van der Waals surface area contributed by atoms with E-state index in [1.54, 1.807) is 21.9 Å². The molecule has 3 aromatic rings. The first-order valence-electron chi connectivity index (χ1n) is 4.58. The molecule has 0 saturated heterocycles. The Morgan fingerprint density at radius 2 is 2.06 bits per heavy atom. The third kappa shape index (κ3) is 1.88. The van der Waals surface area contributed by atoms with Gasteiger partial charge in [-0.2, -0.15) is 0 Å². The summed E-state index contributed by atoms with van der Waals surface area (Å²) in [4.78, 5) is 16.3. The van der Waals surface area contributed by atoms with Crippen LogP contribution in [0.15, 0.2) is 28.5 Å². The molecule has 0 unspecified atom stereocenters. The van der Waals surface area contributed by atoms with E-state index in [1.165, 1.54) is 11.3 Å². The Morgan fingerprint density at radius 3 is 2.76 bits per heavy atom. The van der Waals surface area contributed by atoms with Crippen molar-refractivity contribution in [1.29, 1.82) is 0 Å². The molecule has 0 aliphatic heterocycles. The van der Waals surface area contributed by atoms with E-state index in [9.17, 15) is 4.79 Å². The second-order valence-electron chi connectivity index (χ2n) is 3.27. The predicted octanol–water partition coefficient (Wildman–Crippen LogP) is 2.81. The molecule has 0 spiro atoms. The van der Waals surface area contributed by atoms with Gasteiger partial charge in [-0.05, 0) is 0 Å². The van der Waals surface area contributed by atoms with Crippen LogP contribution in [0.3, 0.4) is 0 Å². The van der Waals surface area contributed by atoms with Crippen molar-refractivity contribution in [2.45, 2.75) is 0 Å². The minimum atomic E-state index is -0.113. The van der Waals surface area contributed by atoms with E-state index in [-0.39, 0.29) is 20.3 Å². The number of hydrogen-bond acceptors (Lipinski definition) is 3. The summed E-state index contributed by atoms with van der Waals surface area (Å²) in [5, 5.41) is 4.10. The fraction of sp³-hybridized carbons (Fsp3) is 0. The Balaban J connectivity index is 2.37. The molecule has 3 rings (SSSR count). The van der Waals surface area contributed by atoms with Crippen LogP contribution in [0.4, 0.5) is 0 Å². The number of fused-ring (bicyclic) bond motifs is 1. The van der Waals surface area contributed by atoms with Crippen molar-refractivity contribution >= 4 is 58.9 Å². The van der Waals surface area contributed by atoms with Gasteiger partial charge in [0.05, 0.1) is 0 Å². The van der Waals surface area contributed by atoms with Crippen molar-refractivity contribution in [1.82, 2.24) is 8.55 Å². The SMILES string of the molecule is O=c1c2cc(Cl)c(Cl)cc2[se]n1-c1nccs1. The van der Waals surface area contributed by atoms with Crippen LogP contribution in [-0.4, -0.2) is 23.3 Å². The normalized spacial score (nSPS) is 11.2. The number of aromatic nitrogens is 2. The average Bonchev–Trinajstić information content (AvgIpc) is 2.90. The van der Waals surface area contributed by atoms with Crippen LogP contribution < -0.4 is 5.56 Å². The molecular weight excluding hydrogens is 346 g/mol. The predicted molar refractivity (Wildman–Crippen MR) is 72.2 cm³/mol. The summed E-state index contributed by atoms with van der Waals surface area (Å²) in [5.41, 5.74) is -0.0477. The molecule has 0 saturated carbocycles. The molecule has 2 aromatic heterocycles. The van der Waals surface area contributed by atoms with Gasteiger partial charge in [-0.3, -0.25) is 0 Å². The molecule has 0 amide bonds. The fourth-order valence-electron chi connectivity index (χ4n) is 1.46. The van der Waals surface area contributed by atoms with Crippen LogP contribution in [0.25, 0.3) is 14.8 Å². The van der Waals surface area contributed by atoms with Gasteiger partial charge in [0.1, 0.15) is 0 Å². The number of rotatable bonds is 1. The molecule has 86 valence electrons. The van der Waals surface area contributed by atoms with Crippen LogP contribution in [0.1, 0.15) is 0 Å². The molecule has 17 heavy (non-hydrogen) atoms. The van der Waals surface area contributed by atoms with E-state index >= 15 is 0 Å². The van der Waals surface area contributed by atoms with Gasteiger partial charge in [0.25, 0.3) is 0 Å². The summed E-state index contributed by atoms with van der Waals surface area (Å²) in [6, 6.07) is 3.40. The molecule has 2 heterocycles. The van der Waals surface area contributed by atoms with Gasteiger partial charge in [-0.15, -0.1) is 0 Å². The average molecular weight is 350 g/mol. The monoisotopic (exact) mass is 350 g/mol. The van der Waals surface area contributed by atoms with Gasteiger partial charge in [-0.25, -0.2) is 0 Å². The number of benzene rings is 1. The van der Waals surface area contributed by atoms with Crippen LogP contribution in [-0.2, 0) is 0 Å². The zero-order valence-corrected chi connectivity index (χ0v) is 12.2. The standard InChI is InChI=1S/C10H4Cl2N2OSSe/c11-6-3-5-8(4-7(6)12)17-14(9(5)15)10-13-1-2-16-10/h1-4H. The van der Waals surface area contributed by atoms with Crippen LogP contribution in [0, 0.1) is 0 Å². The maximum absolute atomic E-state index is 12.2. The minimum absolute atomic E-state index is 0.0477. The number of nitrogens with zero attached hydrogens (tertiary/aromatic N) is 2. The van der Waals surface area contributed by atoms with Gasteiger partial charge in [0.15, 0.2) is 0 Å². The molecular formula is C10H4Cl2N2OSSe. The topological polar surface area (TPSA) is 34.9 Å². The summed E-state index contributed by atoms with van der Waals surface area (Å²) < 4.78 is 2.64. The second-order valence-corrected chi connectivity index (χ2v) is 7.03. The van der Waals surface area contributed by atoms with Crippen LogP contribution in [0.5, 0.6) is 0 Å². The summed E-state index contributed by atoms with van der Waals surface area (Å²) in [6.07, 6.45) is 1.69. The molecule has 0 atom stereocenters. The van der Waals surface area contributed by atoms with Gasteiger partial charge in [-0.1, -0.05) is 0 Å². The Bertz CT molecular complexity index is 748. The van der Waals surface area contributed by atoms with Gasteiger partial charge in [0, 0.05) is 0 Å². The van der Waals surface area contributed by atoms with Crippen molar-refractivity contribution in [2.24, 2.45) is 0 Å². The molecule has 0 fully saturated rings. The van der Waals surface area contributed by atoms with Gasteiger partial charge >= 0.3 is 117 Å². The Hall–Kier alpha value is -0.581. The Kier molecular flexibility index (Phi) is 2.89. The molecule has 1 aromatic carbocycles. The molecule has 0 N–H and O–H groups in total. The Morgan fingerprint density at radius 1 is 1.29 bits per heavy atom. The quantitative estimate of drug-likeness (QED) is 0.633. The second kappa shape index (κ2) is 4.26. The molecule has 3 nitrogen and oxygen atoms in total. The third-order valence-electron chi connectivity index (χ3n) is 2.22. The zero-order valence-electron chi connectivity index (χ0n) is 8.18.